The topological polar surface area (TPSA) is 107 Å². The summed E-state index contributed by atoms with van der Waals surface area (Å²) in [4.78, 5) is 25.6. The van der Waals surface area contributed by atoms with Crippen LogP contribution < -0.4 is 4.74 Å². The molecule has 184 valence electrons. The van der Waals surface area contributed by atoms with Crippen molar-refractivity contribution >= 4 is 16.8 Å². The Labute approximate surface area is 208 Å². The Hall–Kier alpha value is -3.82. The molecule has 1 unspecified atom stereocenters. The molecule has 0 aliphatic carbocycles. The fraction of sp³-hybridized carbons (Fsp3) is 0.333. The highest BCUT2D eigenvalue weighted by Gasteiger charge is 2.36. The highest BCUT2D eigenvalue weighted by atomic mass is 16.5. The van der Waals surface area contributed by atoms with Gasteiger partial charge >= 0.3 is 0 Å². The smallest absolute Gasteiger partial charge is 0.251 e. The zero-order valence-electron chi connectivity index (χ0n) is 19.9. The Kier molecular flexibility index (Phi) is 6.08. The van der Waals surface area contributed by atoms with E-state index in [4.69, 9.17) is 9.72 Å². The standard InChI is InChI=1S/C27H28N6O3/c34-25-10-14-33(27(25)35)21-8-12-32(13-9-21)17-20-3-1-18-15-22(4-5-23(18)30-20)36-26-6-2-19(16-28-26)24-7-11-29-31-24/h1-7,11,15-16,21,25,34H,8-10,12-14,17H2,(H,29,31). The van der Waals surface area contributed by atoms with Gasteiger partial charge < -0.3 is 14.7 Å². The van der Waals surface area contributed by atoms with E-state index in [9.17, 15) is 9.90 Å². The molecule has 2 fully saturated rings. The summed E-state index contributed by atoms with van der Waals surface area (Å²) in [7, 11) is 0. The van der Waals surface area contributed by atoms with Gasteiger partial charge in [-0.15, -0.1) is 0 Å². The van der Waals surface area contributed by atoms with Crippen molar-refractivity contribution in [2.24, 2.45) is 0 Å². The van der Waals surface area contributed by atoms with Gasteiger partial charge in [-0.25, -0.2) is 4.98 Å². The average Bonchev–Trinajstić information content (AvgIpc) is 3.56. The van der Waals surface area contributed by atoms with Crippen molar-refractivity contribution in [2.75, 3.05) is 19.6 Å². The molecule has 0 bridgehead atoms. The van der Waals surface area contributed by atoms with Crippen LogP contribution in [0.1, 0.15) is 25.0 Å². The summed E-state index contributed by atoms with van der Waals surface area (Å²) in [6.45, 7) is 3.30. The first-order valence-corrected chi connectivity index (χ1v) is 12.4. The second kappa shape index (κ2) is 9.67. The first-order valence-electron chi connectivity index (χ1n) is 12.4. The molecular weight excluding hydrogens is 456 g/mol. The highest BCUT2D eigenvalue weighted by Crippen LogP contribution is 2.27. The first kappa shape index (κ1) is 22.6. The van der Waals surface area contributed by atoms with Crippen LogP contribution in [0.25, 0.3) is 22.2 Å². The van der Waals surface area contributed by atoms with E-state index >= 15 is 0 Å². The summed E-state index contributed by atoms with van der Waals surface area (Å²) in [5.74, 6) is 1.13. The Morgan fingerprint density at radius 2 is 1.92 bits per heavy atom. The minimum absolute atomic E-state index is 0.102. The van der Waals surface area contributed by atoms with Crippen molar-refractivity contribution in [3.63, 3.8) is 0 Å². The van der Waals surface area contributed by atoms with Gasteiger partial charge in [0.25, 0.3) is 5.91 Å². The summed E-state index contributed by atoms with van der Waals surface area (Å²) < 4.78 is 5.96. The number of likely N-dealkylation sites (tertiary alicyclic amines) is 2. The second-order valence-corrected chi connectivity index (χ2v) is 9.46. The molecule has 36 heavy (non-hydrogen) atoms. The average molecular weight is 485 g/mol. The van der Waals surface area contributed by atoms with Crippen molar-refractivity contribution < 1.29 is 14.6 Å². The largest absolute Gasteiger partial charge is 0.439 e. The van der Waals surface area contributed by atoms with Gasteiger partial charge in [-0.05, 0) is 55.7 Å². The number of nitrogens with one attached hydrogen (secondary N) is 1. The van der Waals surface area contributed by atoms with Crippen LogP contribution in [0.15, 0.2) is 60.9 Å². The monoisotopic (exact) mass is 484 g/mol. The molecule has 3 aromatic heterocycles. The van der Waals surface area contributed by atoms with E-state index in [-0.39, 0.29) is 11.9 Å². The fourth-order valence-electron chi connectivity index (χ4n) is 5.10. The maximum Gasteiger partial charge on any atom is 0.251 e. The number of aliphatic hydroxyl groups excluding tert-OH is 1. The number of H-pyrrole nitrogens is 1. The third kappa shape index (κ3) is 4.67. The number of rotatable bonds is 6. The van der Waals surface area contributed by atoms with E-state index in [1.165, 1.54) is 0 Å². The van der Waals surface area contributed by atoms with Crippen LogP contribution >= 0.6 is 0 Å². The SMILES string of the molecule is O=C1C(O)CCN1C1CCN(Cc2ccc3cc(Oc4ccc(-c5ccn[nH]5)cn4)ccc3n2)CC1. The molecule has 2 aliphatic rings. The van der Waals surface area contributed by atoms with E-state index in [1.54, 1.807) is 12.4 Å². The number of ether oxygens (including phenoxy) is 1. The van der Waals surface area contributed by atoms with Gasteiger partial charge in [0.1, 0.15) is 11.9 Å². The molecule has 0 spiro atoms. The molecule has 4 aromatic rings. The van der Waals surface area contributed by atoms with Crippen LogP contribution in [0.5, 0.6) is 11.6 Å². The number of carbonyl (C=O) groups excluding carboxylic acids is 1. The van der Waals surface area contributed by atoms with Gasteiger partial charge in [0.15, 0.2) is 0 Å². The number of aromatic nitrogens is 4. The van der Waals surface area contributed by atoms with Crippen LogP contribution in [0.3, 0.4) is 0 Å². The second-order valence-electron chi connectivity index (χ2n) is 9.46. The van der Waals surface area contributed by atoms with Crippen LogP contribution in [-0.2, 0) is 11.3 Å². The molecule has 1 atom stereocenters. The number of hydrogen-bond donors (Lipinski definition) is 2. The lowest BCUT2D eigenvalue weighted by Gasteiger charge is -2.36. The normalized spacial score (nSPS) is 19.3. The van der Waals surface area contributed by atoms with Crippen molar-refractivity contribution in [3.8, 4) is 22.9 Å². The Morgan fingerprint density at radius 3 is 2.64 bits per heavy atom. The molecule has 0 radical (unpaired) electrons. The van der Waals surface area contributed by atoms with E-state index in [0.29, 0.717) is 24.6 Å². The predicted molar refractivity (Wildman–Crippen MR) is 134 cm³/mol. The summed E-state index contributed by atoms with van der Waals surface area (Å²) in [5, 5.41) is 17.6. The van der Waals surface area contributed by atoms with Gasteiger partial charge in [0, 0.05) is 61.6 Å². The van der Waals surface area contributed by atoms with Crippen LogP contribution in [0, 0.1) is 0 Å². The predicted octanol–water partition coefficient (Wildman–Crippen LogP) is 3.37. The van der Waals surface area contributed by atoms with Crippen LogP contribution in [-0.4, -0.2) is 72.8 Å². The molecular formula is C27H28N6O3. The number of hydrogen-bond acceptors (Lipinski definition) is 7. The molecule has 9 nitrogen and oxygen atoms in total. The van der Waals surface area contributed by atoms with Crippen molar-refractivity contribution in [1.82, 2.24) is 30.0 Å². The summed E-state index contributed by atoms with van der Waals surface area (Å²) >= 11 is 0. The van der Waals surface area contributed by atoms with Crippen LogP contribution in [0.4, 0.5) is 0 Å². The lowest BCUT2D eigenvalue weighted by molar-refractivity contribution is -0.137. The zero-order valence-corrected chi connectivity index (χ0v) is 19.9. The molecule has 1 aromatic carbocycles. The van der Waals surface area contributed by atoms with Gasteiger partial charge in [-0.3, -0.25) is 19.8 Å². The van der Waals surface area contributed by atoms with Crippen molar-refractivity contribution in [3.05, 3.63) is 66.6 Å². The number of fused-ring (bicyclic) bond motifs is 1. The van der Waals surface area contributed by atoms with E-state index in [1.807, 2.05) is 41.3 Å². The minimum atomic E-state index is -0.805. The van der Waals surface area contributed by atoms with Crippen LogP contribution in [0.2, 0.25) is 0 Å². The highest BCUT2D eigenvalue weighted by molar-refractivity contribution is 5.83. The molecule has 6 rings (SSSR count). The number of nitrogens with zero attached hydrogens (tertiary/aromatic N) is 5. The Morgan fingerprint density at radius 1 is 1.03 bits per heavy atom. The lowest BCUT2D eigenvalue weighted by Crippen LogP contribution is -2.46. The molecule has 1 amide bonds. The van der Waals surface area contributed by atoms with Gasteiger partial charge in [-0.1, -0.05) is 6.07 Å². The number of aromatic amines is 1. The number of pyridine rings is 2. The third-order valence-electron chi connectivity index (χ3n) is 7.08. The molecule has 2 N–H and O–H groups in total. The van der Waals surface area contributed by atoms with E-state index < -0.39 is 6.10 Å². The van der Waals surface area contributed by atoms with Crippen molar-refractivity contribution in [1.29, 1.82) is 0 Å². The third-order valence-corrected chi connectivity index (χ3v) is 7.08. The summed E-state index contributed by atoms with van der Waals surface area (Å²) in [6, 6.07) is 15.9. The number of carbonyl (C=O) groups is 1. The van der Waals surface area contributed by atoms with Gasteiger partial charge in [0.2, 0.25) is 5.88 Å². The maximum absolute atomic E-state index is 12.1. The van der Waals surface area contributed by atoms with Crippen molar-refractivity contribution in [2.45, 2.75) is 38.0 Å². The molecule has 2 saturated heterocycles. The lowest BCUT2D eigenvalue weighted by atomic mass is 10.0. The molecule has 0 saturated carbocycles. The maximum atomic E-state index is 12.1. The molecule has 9 heteroatoms. The van der Waals surface area contributed by atoms with Gasteiger partial charge in [0.05, 0.1) is 16.9 Å². The number of piperidine rings is 1. The van der Waals surface area contributed by atoms with Gasteiger partial charge in [-0.2, -0.15) is 5.10 Å². The van der Waals surface area contributed by atoms with E-state index in [2.05, 4.69) is 32.2 Å². The summed E-state index contributed by atoms with van der Waals surface area (Å²) in [6.07, 6.45) is 5.09. The number of aliphatic hydroxyl groups is 1. The zero-order chi connectivity index (χ0) is 24.5. The fourth-order valence-corrected chi connectivity index (χ4v) is 5.10. The van der Waals surface area contributed by atoms with E-state index in [0.717, 1.165) is 60.3 Å². The first-order chi connectivity index (χ1) is 17.6. The summed E-state index contributed by atoms with van der Waals surface area (Å²) in [5.41, 5.74) is 3.81. The minimum Gasteiger partial charge on any atom is -0.439 e. The number of benzene rings is 1. The Bertz CT molecular complexity index is 1350. The quantitative estimate of drug-likeness (QED) is 0.432. The number of amides is 1. The molecule has 2 aliphatic heterocycles. The Balaban J connectivity index is 1.07. The molecule has 5 heterocycles.